The van der Waals surface area contributed by atoms with Gasteiger partial charge in [0.2, 0.25) is 0 Å². The fraction of sp³-hybridized carbons (Fsp3) is 0.308. The molecule has 0 unspecified atom stereocenters. The van der Waals surface area contributed by atoms with Crippen LogP contribution in [-0.2, 0) is 19.0 Å². The van der Waals surface area contributed by atoms with Crippen molar-refractivity contribution in [1.29, 1.82) is 0 Å². The topological polar surface area (TPSA) is 64.8 Å². The molecule has 2 N–H and O–H groups in total. The third-order valence-corrected chi connectivity index (χ3v) is 6.65. The van der Waals surface area contributed by atoms with E-state index in [1.54, 1.807) is 13.1 Å². The van der Waals surface area contributed by atoms with Crippen molar-refractivity contribution in [3.63, 3.8) is 0 Å². The summed E-state index contributed by atoms with van der Waals surface area (Å²) in [5.41, 5.74) is 5.02. The molecular weight excluding hydrogens is 441 g/mol. The number of anilines is 1. The van der Waals surface area contributed by atoms with Crippen molar-refractivity contribution in [1.82, 2.24) is 15.2 Å². The number of amides is 1. The van der Waals surface area contributed by atoms with Gasteiger partial charge in [0, 0.05) is 40.5 Å². The molecule has 0 saturated heterocycles. The second-order valence-corrected chi connectivity index (χ2v) is 9.77. The van der Waals surface area contributed by atoms with Crippen LogP contribution in [0.3, 0.4) is 0 Å². The minimum Gasteiger partial charge on any atom is -0.353 e. The van der Waals surface area contributed by atoms with Crippen LogP contribution in [0.1, 0.15) is 47.4 Å². The molecule has 0 aliphatic heterocycles. The number of benzene rings is 2. The fourth-order valence-corrected chi connectivity index (χ4v) is 4.66. The number of H-pyrrole nitrogens is 2. The molecule has 34 heavy (non-hydrogen) atoms. The lowest BCUT2D eigenvalue weighted by Gasteiger charge is -2.28. The average molecular weight is 467 g/mol. The van der Waals surface area contributed by atoms with Crippen LogP contribution in [0.25, 0.3) is 22.3 Å². The van der Waals surface area contributed by atoms with Crippen molar-refractivity contribution in [3.8, 4) is 11.4 Å². The number of rotatable bonds is 3. The Balaban J connectivity index is 1.44. The zero-order valence-corrected chi connectivity index (χ0v) is 19.2. The van der Waals surface area contributed by atoms with Gasteiger partial charge in [-0.1, -0.05) is 26.0 Å². The molecular formula is C26H25F3N4O. The van der Waals surface area contributed by atoms with Crippen LogP contribution >= 0.6 is 0 Å². The Morgan fingerprint density at radius 1 is 1.12 bits per heavy atom. The van der Waals surface area contributed by atoms with Crippen molar-refractivity contribution in [2.24, 2.45) is 5.41 Å². The molecule has 1 amide bonds. The standard InChI is InChI=1S/C26H25F3N4O/c1-25(2)10-9-19-22(14-25)31-32-23(19)21-12-15-7-8-18(13-20(15)30-21)33(3)24(34)16-5-4-6-17(11-16)26(27,28)29/h4-8,11-13,30H,9-10,14H2,1-3H3,(H,31,32). The van der Waals surface area contributed by atoms with Crippen LogP contribution < -0.4 is 4.90 Å². The number of hydrogen-bond donors (Lipinski definition) is 2. The molecule has 1 aliphatic rings. The summed E-state index contributed by atoms with van der Waals surface area (Å²) in [5, 5.41) is 8.73. The summed E-state index contributed by atoms with van der Waals surface area (Å²) >= 11 is 0. The molecule has 4 aromatic rings. The molecule has 2 aromatic carbocycles. The van der Waals surface area contributed by atoms with Crippen LogP contribution in [0, 0.1) is 5.41 Å². The predicted octanol–water partition coefficient (Wildman–Crippen LogP) is 6.37. The van der Waals surface area contributed by atoms with Crippen molar-refractivity contribution in [2.75, 3.05) is 11.9 Å². The Bertz CT molecular complexity index is 1400. The van der Waals surface area contributed by atoms with Gasteiger partial charge in [0.25, 0.3) is 5.91 Å². The summed E-state index contributed by atoms with van der Waals surface area (Å²) in [6.07, 6.45) is -1.49. The summed E-state index contributed by atoms with van der Waals surface area (Å²) in [6.45, 7) is 4.52. The van der Waals surface area contributed by atoms with Crippen LogP contribution in [0.2, 0.25) is 0 Å². The second kappa shape index (κ2) is 7.75. The van der Waals surface area contributed by atoms with Crippen LogP contribution in [0.15, 0.2) is 48.5 Å². The van der Waals surface area contributed by atoms with Gasteiger partial charge < -0.3 is 9.88 Å². The number of carbonyl (C=O) groups is 1. The maximum Gasteiger partial charge on any atom is 0.416 e. The molecule has 5 nitrogen and oxygen atoms in total. The smallest absolute Gasteiger partial charge is 0.353 e. The molecule has 5 rings (SSSR count). The van der Waals surface area contributed by atoms with Gasteiger partial charge in [-0.05, 0) is 61.1 Å². The molecule has 0 bridgehead atoms. The first-order valence-electron chi connectivity index (χ1n) is 11.2. The summed E-state index contributed by atoms with van der Waals surface area (Å²) < 4.78 is 39.2. The fourth-order valence-electron chi connectivity index (χ4n) is 4.66. The van der Waals surface area contributed by atoms with Gasteiger partial charge in [-0.15, -0.1) is 0 Å². The highest BCUT2D eigenvalue weighted by molar-refractivity contribution is 6.06. The van der Waals surface area contributed by atoms with E-state index in [4.69, 9.17) is 0 Å². The van der Waals surface area contributed by atoms with Crippen molar-refractivity contribution < 1.29 is 18.0 Å². The van der Waals surface area contributed by atoms with Crippen LogP contribution in [0.4, 0.5) is 18.9 Å². The molecule has 176 valence electrons. The van der Waals surface area contributed by atoms with E-state index in [0.29, 0.717) is 5.69 Å². The zero-order valence-electron chi connectivity index (χ0n) is 19.2. The number of aromatic amines is 2. The first kappa shape index (κ1) is 22.3. The Labute approximate surface area is 195 Å². The second-order valence-electron chi connectivity index (χ2n) is 9.77. The van der Waals surface area contributed by atoms with Crippen molar-refractivity contribution in [3.05, 3.63) is 70.9 Å². The number of aromatic nitrogens is 3. The van der Waals surface area contributed by atoms with Gasteiger partial charge >= 0.3 is 6.18 Å². The van der Waals surface area contributed by atoms with E-state index in [-0.39, 0.29) is 11.0 Å². The first-order valence-corrected chi connectivity index (χ1v) is 11.2. The maximum absolute atomic E-state index is 13.1. The summed E-state index contributed by atoms with van der Waals surface area (Å²) in [5.74, 6) is -0.513. The molecule has 0 fully saturated rings. The van der Waals surface area contributed by atoms with E-state index < -0.39 is 17.6 Å². The summed E-state index contributed by atoms with van der Waals surface area (Å²) in [4.78, 5) is 17.7. The average Bonchev–Trinajstić information content (AvgIpc) is 3.39. The van der Waals surface area contributed by atoms with Gasteiger partial charge in [0.1, 0.15) is 5.69 Å². The SMILES string of the molecule is CN(C(=O)c1cccc(C(F)(F)F)c1)c1ccc2cc(-c3n[nH]c4c3CCC(C)(C)C4)[nH]c2c1. The number of hydrogen-bond acceptors (Lipinski definition) is 2. The molecule has 0 saturated carbocycles. The Morgan fingerprint density at radius 3 is 2.68 bits per heavy atom. The summed E-state index contributed by atoms with van der Waals surface area (Å²) in [7, 11) is 1.56. The normalized spacial score (nSPS) is 15.4. The van der Waals surface area contributed by atoms with E-state index in [1.807, 2.05) is 18.2 Å². The number of alkyl halides is 3. The largest absolute Gasteiger partial charge is 0.416 e. The van der Waals surface area contributed by atoms with Gasteiger partial charge in [-0.2, -0.15) is 18.3 Å². The Morgan fingerprint density at radius 2 is 1.91 bits per heavy atom. The molecule has 1 aliphatic carbocycles. The van der Waals surface area contributed by atoms with Gasteiger partial charge in [0.15, 0.2) is 0 Å². The Kier molecular flexibility index (Phi) is 5.07. The number of carbonyl (C=O) groups excluding carboxylic acids is 1. The summed E-state index contributed by atoms with van der Waals surface area (Å²) in [6, 6.07) is 12.0. The minimum atomic E-state index is -4.50. The lowest BCUT2D eigenvalue weighted by atomic mass is 9.76. The quantitative estimate of drug-likeness (QED) is 0.369. The maximum atomic E-state index is 13.1. The highest BCUT2D eigenvalue weighted by Crippen LogP contribution is 2.38. The van der Waals surface area contributed by atoms with Gasteiger partial charge in [-0.25, -0.2) is 0 Å². The molecule has 2 aromatic heterocycles. The van der Waals surface area contributed by atoms with E-state index >= 15 is 0 Å². The van der Waals surface area contributed by atoms with Crippen LogP contribution in [0.5, 0.6) is 0 Å². The lowest BCUT2D eigenvalue weighted by Crippen LogP contribution is -2.26. The highest BCUT2D eigenvalue weighted by Gasteiger charge is 2.31. The van der Waals surface area contributed by atoms with Crippen LogP contribution in [-0.4, -0.2) is 28.1 Å². The zero-order chi connectivity index (χ0) is 24.3. The predicted molar refractivity (Wildman–Crippen MR) is 126 cm³/mol. The monoisotopic (exact) mass is 466 g/mol. The number of nitrogens with one attached hydrogen (secondary N) is 2. The number of halogens is 3. The van der Waals surface area contributed by atoms with E-state index in [1.165, 1.54) is 28.3 Å². The molecule has 0 atom stereocenters. The Hall–Kier alpha value is -3.55. The van der Waals surface area contributed by atoms with E-state index in [9.17, 15) is 18.0 Å². The van der Waals surface area contributed by atoms with E-state index in [2.05, 4.69) is 29.0 Å². The van der Waals surface area contributed by atoms with Gasteiger partial charge in [-0.3, -0.25) is 9.89 Å². The van der Waals surface area contributed by atoms with Gasteiger partial charge in [0.05, 0.1) is 11.3 Å². The third kappa shape index (κ3) is 3.97. The number of fused-ring (bicyclic) bond motifs is 2. The highest BCUT2D eigenvalue weighted by atomic mass is 19.4. The first-order chi connectivity index (χ1) is 16.0. The van der Waals surface area contributed by atoms with Crippen molar-refractivity contribution in [2.45, 2.75) is 39.3 Å². The third-order valence-electron chi connectivity index (χ3n) is 6.65. The molecule has 0 spiro atoms. The van der Waals surface area contributed by atoms with Crippen molar-refractivity contribution >= 4 is 22.5 Å². The molecule has 2 heterocycles. The molecule has 0 radical (unpaired) electrons. The lowest BCUT2D eigenvalue weighted by molar-refractivity contribution is -0.137. The van der Waals surface area contributed by atoms with E-state index in [0.717, 1.165) is 53.7 Å². The molecule has 8 heteroatoms. The minimum absolute atomic E-state index is 0.0179. The number of nitrogens with zero attached hydrogens (tertiary/aromatic N) is 2.